The van der Waals surface area contributed by atoms with Crippen LogP contribution in [-0.2, 0) is 10.0 Å². The highest BCUT2D eigenvalue weighted by molar-refractivity contribution is 7.89. The number of rotatable bonds is 3. The third-order valence-electron chi connectivity index (χ3n) is 1.75. The van der Waals surface area contributed by atoms with Gasteiger partial charge in [-0.25, -0.2) is 13.6 Å². The van der Waals surface area contributed by atoms with Gasteiger partial charge in [-0.3, -0.25) is 14.9 Å². The predicted octanol–water partition coefficient (Wildman–Crippen LogP) is -0.659. The van der Waals surface area contributed by atoms with Gasteiger partial charge in [-0.05, 0) is 6.07 Å². The van der Waals surface area contributed by atoms with E-state index >= 15 is 0 Å². The number of carbonyl (C=O) groups excluding carboxylic acids is 1. The fourth-order valence-electron chi connectivity index (χ4n) is 1.06. The lowest BCUT2D eigenvalue weighted by atomic mass is 10.2. The second kappa shape index (κ2) is 3.87. The molecule has 0 fully saturated rings. The van der Waals surface area contributed by atoms with Crippen molar-refractivity contribution in [2.24, 2.45) is 10.9 Å². The van der Waals surface area contributed by atoms with E-state index in [1.165, 1.54) is 0 Å². The summed E-state index contributed by atoms with van der Waals surface area (Å²) in [5.74, 6) is -1.03. The van der Waals surface area contributed by atoms with Crippen molar-refractivity contribution in [2.75, 3.05) is 0 Å². The number of nitrogens with two attached hydrogens (primary N) is 2. The number of non-ortho nitro benzene ring substituents is 1. The zero-order chi connectivity index (χ0) is 12.5. The van der Waals surface area contributed by atoms with Gasteiger partial charge in [0, 0.05) is 12.1 Å². The Morgan fingerprint density at radius 3 is 2.31 bits per heavy atom. The fourth-order valence-corrected chi connectivity index (χ4v) is 1.82. The summed E-state index contributed by atoms with van der Waals surface area (Å²) in [4.78, 5) is 19.8. The Kier molecular flexibility index (Phi) is 2.92. The number of sulfonamides is 1. The zero-order valence-corrected chi connectivity index (χ0v) is 8.60. The van der Waals surface area contributed by atoms with Crippen LogP contribution >= 0.6 is 0 Å². The van der Waals surface area contributed by atoms with E-state index in [1.807, 2.05) is 0 Å². The number of nitro groups is 1. The summed E-state index contributed by atoms with van der Waals surface area (Å²) >= 11 is 0. The van der Waals surface area contributed by atoms with Crippen LogP contribution < -0.4 is 10.9 Å². The molecule has 1 amide bonds. The first-order valence-corrected chi connectivity index (χ1v) is 5.39. The predicted molar refractivity (Wildman–Crippen MR) is 53.0 cm³/mol. The molecule has 0 atom stereocenters. The van der Waals surface area contributed by atoms with Gasteiger partial charge >= 0.3 is 0 Å². The van der Waals surface area contributed by atoms with Crippen LogP contribution in [0.1, 0.15) is 10.4 Å². The number of hydrogen-bond acceptors (Lipinski definition) is 5. The van der Waals surface area contributed by atoms with Crippen molar-refractivity contribution in [3.63, 3.8) is 0 Å². The normalized spacial score (nSPS) is 11.1. The molecule has 0 radical (unpaired) electrons. The monoisotopic (exact) mass is 245 g/mol. The Morgan fingerprint density at radius 2 is 1.94 bits per heavy atom. The lowest BCUT2D eigenvalue weighted by Gasteiger charge is -2.03. The van der Waals surface area contributed by atoms with Crippen LogP contribution in [0.3, 0.4) is 0 Å². The molecule has 0 unspecified atom stereocenters. The molecular formula is C7H7N3O5S. The number of amides is 1. The van der Waals surface area contributed by atoms with E-state index in [-0.39, 0.29) is 5.56 Å². The third kappa shape index (κ3) is 2.32. The molecule has 1 rings (SSSR count). The average Bonchev–Trinajstić information content (AvgIpc) is 2.15. The van der Waals surface area contributed by atoms with Crippen molar-refractivity contribution in [1.29, 1.82) is 0 Å². The SMILES string of the molecule is NC(=O)c1ccc([N+](=O)[O-])cc1S(N)(=O)=O. The number of carbonyl (C=O) groups is 1. The Labute approximate surface area is 90.1 Å². The molecule has 8 nitrogen and oxygen atoms in total. The smallest absolute Gasteiger partial charge is 0.270 e. The Balaban J connectivity index is 3.58. The van der Waals surface area contributed by atoms with Crippen LogP contribution in [-0.4, -0.2) is 19.2 Å². The van der Waals surface area contributed by atoms with Crippen molar-refractivity contribution >= 4 is 21.6 Å². The van der Waals surface area contributed by atoms with Crippen LogP contribution in [0.2, 0.25) is 0 Å². The van der Waals surface area contributed by atoms with E-state index in [1.54, 1.807) is 0 Å². The molecule has 0 bridgehead atoms. The molecule has 0 saturated heterocycles. The first-order valence-electron chi connectivity index (χ1n) is 3.84. The maximum absolute atomic E-state index is 11.1. The molecule has 0 aliphatic rings. The topological polar surface area (TPSA) is 146 Å². The van der Waals surface area contributed by atoms with E-state index in [4.69, 9.17) is 10.9 Å². The average molecular weight is 245 g/mol. The molecular weight excluding hydrogens is 238 g/mol. The summed E-state index contributed by atoms with van der Waals surface area (Å²) in [5.41, 5.74) is 4.04. The van der Waals surface area contributed by atoms with E-state index in [2.05, 4.69) is 0 Å². The summed E-state index contributed by atoms with van der Waals surface area (Å²) in [5, 5.41) is 15.2. The van der Waals surface area contributed by atoms with Gasteiger partial charge in [0.2, 0.25) is 15.9 Å². The lowest BCUT2D eigenvalue weighted by Crippen LogP contribution is -2.20. The Hall–Kier alpha value is -2.00. The van der Waals surface area contributed by atoms with Gasteiger partial charge in [0.25, 0.3) is 5.69 Å². The first-order chi connectivity index (χ1) is 7.23. The molecule has 0 spiro atoms. The van der Waals surface area contributed by atoms with E-state index in [0.717, 1.165) is 12.1 Å². The van der Waals surface area contributed by atoms with Crippen molar-refractivity contribution in [2.45, 2.75) is 4.90 Å². The van der Waals surface area contributed by atoms with Gasteiger partial charge < -0.3 is 5.73 Å². The molecule has 4 N–H and O–H groups in total. The molecule has 0 aliphatic heterocycles. The third-order valence-corrected chi connectivity index (χ3v) is 2.70. The van der Waals surface area contributed by atoms with Crippen molar-refractivity contribution in [1.82, 2.24) is 0 Å². The molecule has 16 heavy (non-hydrogen) atoms. The fraction of sp³-hybridized carbons (Fsp3) is 0. The minimum absolute atomic E-state index is 0.381. The number of nitro benzene ring substituents is 1. The molecule has 1 aromatic carbocycles. The van der Waals surface area contributed by atoms with Crippen molar-refractivity contribution in [3.8, 4) is 0 Å². The van der Waals surface area contributed by atoms with Gasteiger partial charge in [0.1, 0.15) is 4.90 Å². The molecule has 0 heterocycles. The van der Waals surface area contributed by atoms with E-state index in [9.17, 15) is 23.3 Å². The van der Waals surface area contributed by atoms with Crippen molar-refractivity contribution < 1.29 is 18.1 Å². The molecule has 86 valence electrons. The van der Waals surface area contributed by atoms with Crippen LogP contribution in [0.25, 0.3) is 0 Å². The summed E-state index contributed by atoms with van der Waals surface area (Å²) in [7, 11) is -4.24. The largest absolute Gasteiger partial charge is 0.366 e. The number of primary amides is 1. The van der Waals surface area contributed by atoms with Crippen LogP contribution in [0, 0.1) is 10.1 Å². The highest BCUT2D eigenvalue weighted by Gasteiger charge is 2.21. The molecule has 0 aliphatic carbocycles. The van der Waals surface area contributed by atoms with Gasteiger partial charge in [-0.15, -0.1) is 0 Å². The minimum atomic E-state index is -4.24. The number of primary sulfonamides is 1. The second-order valence-electron chi connectivity index (χ2n) is 2.85. The van der Waals surface area contributed by atoms with Crippen LogP contribution in [0.4, 0.5) is 5.69 Å². The summed E-state index contributed by atoms with van der Waals surface area (Å²) in [6, 6.07) is 2.60. The Morgan fingerprint density at radius 1 is 1.38 bits per heavy atom. The maximum atomic E-state index is 11.1. The number of hydrogen-bond donors (Lipinski definition) is 2. The molecule has 9 heteroatoms. The summed E-state index contributed by atoms with van der Waals surface area (Å²) in [6.45, 7) is 0. The summed E-state index contributed by atoms with van der Waals surface area (Å²) < 4.78 is 22.2. The van der Waals surface area contributed by atoms with Crippen molar-refractivity contribution in [3.05, 3.63) is 33.9 Å². The van der Waals surface area contributed by atoms with Crippen LogP contribution in [0.5, 0.6) is 0 Å². The van der Waals surface area contributed by atoms with Gasteiger partial charge in [0.05, 0.1) is 10.5 Å². The Bertz CT molecular complexity index is 565. The molecule has 1 aromatic rings. The van der Waals surface area contributed by atoms with Crippen LogP contribution in [0.15, 0.2) is 23.1 Å². The second-order valence-corrected chi connectivity index (χ2v) is 4.38. The van der Waals surface area contributed by atoms with Gasteiger partial charge in [-0.2, -0.15) is 0 Å². The number of nitrogens with zero attached hydrogens (tertiary/aromatic N) is 1. The molecule has 0 saturated carbocycles. The zero-order valence-electron chi connectivity index (χ0n) is 7.78. The standard InChI is InChI=1S/C7H7N3O5S/c8-7(11)5-2-1-4(10(12)13)3-6(5)16(9,14)15/h1-3H,(H2,8,11)(H2,9,14,15). The summed E-state index contributed by atoms with van der Waals surface area (Å²) in [6.07, 6.45) is 0. The minimum Gasteiger partial charge on any atom is -0.366 e. The van der Waals surface area contributed by atoms with Gasteiger partial charge in [0.15, 0.2) is 0 Å². The highest BCUT2D eigenvalue weighted by Crippen LogP contribution is 2.20. The number of benzene rings is 1. The first kappa shape index (κ1) is 12.1. The highest BCUT2D eigenvalue weighted by atomic mass is 32.2. The maximum Gasteiger partial charge on any atom is 0.270 e. The van der Waals surface area contributed by atoms with Gasteiger partial charge in [-0.1, -0.05) is 0 Å². The molecule has 0 aromatic heterocycles. The van der Waals surface area contributed by atoms with E-state index in [0.29, 0.717) is 6.07 Å². The quantitative estimate of drug-likeness (QED) is 0.536. The van der Waals surface area contributed by atoms with E-state index < -0.39 is 31.4 Å². The lowest BCUT2D eigenvalue weighted by molar-refractivity contribution is -0.385.